The van der Waals surface area contributed by atoms with Crippen molar-refractivity contribution >= 4 is 11.6 Å². The molecule has 0 amide bonds. The Hall–Kier alpha value is -4.18. The monoisotopic (exact) mass is 464 g/mol. The zero-order valence-electron chi connectivity index (χ0n) is 20.4. The summed E-state index contributed by atoms with van der Waals surface area (Å²) < 4.78 is 11.9. The van der Waals surface area contributed by atoms with Crippen molar-refractivity contribution in [2.24, 2.45) is 0 Å². The lowest BCUT2D eigenvalue weighted by molar-refractivity contribution is 0.100. The molecule has 0 N–H and O–H groups in total. The van der Waals surface area contributed by atoms with Gasteiger partial charge in [0.2, 0.25) is 0 Å². The largest absolute Gasteiger partial charge is 0.457 e. The van der Waals surface area contributed by atoms with Crippen molar-refractivity contribution in [3.63, 3.8) is 0 Å². The van der Waals surface area contributed by atoms with E-state index >= 15 is 0 Å². The fourth-order valence-corrected chi connectivity index (χ4v) is 3.83. The molecule has 4 aromatic rings. The molecule has 176 valence electrons. The van der Waals surface area contributed by atoms with Gasteiger partial charge < -0.3 is 9.47 Å². The second kappa shape index (κ2) is 9.98. The van der Waals surface area contributed by atoms with E-state index < -0.39 is 0 Å². The number of hydrogen-bond acceptors (Lipinski definition) is 4. The average molecular weight is 465 g/mol. The number of Topliss-reactive ketones (excluding diaryl/α,β-unsaturated/α-hetero) is 2. The van der Waals surface area contributed by atoms with Crippen LogP contribution in [0.25, 0.3) is 0 Å². The second-order valence-electron chi connectivity index (χ2n) is 9.04. The number of hydrogen-bond donors (Lipinski definition) is 0. The minimum atomic E-state index is -0.219. The normalized spacial score (nSPS) is 11.1. The van der Waals surface area contributed by atoms with Crippen LogP contribution in [-0.4, -0.2) is 11.6 Å². The Kier molecular flexibility index (Phi) is 6.83. The van der Waals surface area contributed by atoms with Gasteiger partial charge in [0, 0.05) is 16.5 Å². The summed E-state index contributed by atoms with van der Waals surface area (Å²) in [7, 11) is 0. The van der Waals surface area contributed by atoms with Crippen molar-refractivity contribution in [2.45, 2.75) is 33.1 Å². The lowest BCUT2D eigenvalue weighted by Gasteiger charge is -2.26. The molecule has 0 atom stereocenters. The smallest absolute Gasteiger partial charge is 0.159 e. The number of ketones is 2. The first-order valence-corrected chi connectivity index (χ1v) is 11.5. The van der Waals surface area contributed by atoms with Crippen LogP contribution in [0.3, 0.4) is 0 Å². The number of carbonyl (C=O) groups excluding carboxylic acids is 2. The van der Waals surface area contributed by atoms with E-state index in [1.54, 1.807) is 62.4 Å². The van der Waals surface area contributed by atoms with Crippen LogP contribution in [0.1, 0.15) is 59.5 Å². The molecule has 4 heteroatoms. The Morgan fingerprint density at radius 1 is 0.486 bits per heavy atom. The Morgan fingerprint density at radius 2 is 0.743 bits per heavy atom. The van der Waals surface area contributed by atoms with Crippen LogP contribution >= 0.6 is 0 Å². The van der Waals surface area contributed by atoms with Crippen molar-refractivity contribution in [2.75, 3.05) is 0 Å². The first-order valence-electron chi connectivity index (χ1n) is 11.5. The predicted octanol–water partition coefficient (Wildman–Crippen LogP) is 8.00. The van der Waals surface area contributed by atoms with Gasteiger partial charge in [-0.05, 0) is 97.8 Å². The fraction of sp³-hybridized carbons (Fsp3) is 0.161. The van der Waals surface area contributed by atoms with Crippen molar-refractivity contribution in [1.82, 2.24) is 0 Å². The summed E-state index contributed by atoms with van der Waals surface area (Å²) in [5.41, 5.74) is 3.42. The van der Waals surface area contributed by atoms with Gasteiger partial charge in [0.25, 0.3) is 0 Å². The van der Waals surface area contributed by atoms with Crippen LogP contribution in [0.4, 0.5) is 0 Å². The molecule has 0 aliphatic heterocycles. The fourth-order valence-electron chi connectivity index (χ4n) is 3.83. The third-order valence-corrected chi connectivity index (χ3v) is 6.15. The van der Waals surface area contributed by atoms with Crippen LogP contribution in [0.2, 0.25) is 0 Å². The number of benzene rings is 4. The van der Waals surface area contributed by atoms with E-state index in [0.29, 0.717) is 22.6 Å². The van der Waals surface area contributed by atoms with Gasteiger partial charge in [0.15, 0.2) is 11.6 Å². The molecular formula is C31H28O4. The lowest BCUT2D eigenvalue weighted by Crippen LogP contribution is -2.18. The van der Waals surface area contributed by atoms with E-state index in [9.17, 15) is 9.59 Å². The quantitative estimate of drug-likeness (QED) is 0.248. The summed E-state index contributed by atoms with van der Waals surface area (Å²) in [6.45, 7) is 7.46. The van der Waals surface area contributed by atoms with Crippen LogP contribution in [-0.2, 0) is 5.41 Å². The highest BCUT2D eigenvalue weighted by Crippen LogP contribution is 2.34. The van der Waals surface area contributed by atoms with Gasteiger partial charge in [-0.2, -0.15) is 0 Å². The SMILES string of the molecule is CC(=O)c1ccc(Oc2ccc(C(C)(C)c3ccc(Oc4ccc(C(C)=O)cc4)cc3)cc2)cc1. The highest BCUT2D eigenvalue weighted by Gasteiger charge is 2.23. The molecule has 0 aromatic heterocycles. The second-order valence-corrected chi connectivity index (χ2v) is 9.04. The van der Waals surface area contributed by atoms with E-state index in [1.807, 2.05) is 24.3 Å². The Bertz CT molecular complexity index is 1210. The summed E-state index contributed by atoms with van der Waals surface area (Å²) in [6.07, 6.45) is 0. The van der Waals surface area contributed by atoms with Crippen molar-refractivity contribution in [1.29, 1.82) is 0 Å². The van der Waals surface area contributed by atoms with E-state index in [0.717, 1.165) is 22.6 Å². The third kappa shape index (κ3) is 5.67. The maximum absolute atomic E-state index is 11.4. The third-order valence-electron chi connectivity index (χ3n) is 6.15. The van der Waals surface area contributed by atoms with Gasteiger partial charge in [-0.15, -0.1) is 0 Å². The summed E-state index contributed by atoms with van der Waals surface area (Å²) in [6, 6.07) is 30.4. The van der Waals surface area contributed by atoms with Gasteiger partial charge in [0.1, 0.15) is 23.0 Å². The molecule has 0 saturated carbocycles. The van der Waals surface area contributed by atoms with Gasteiger partial charge in [-0.25, -0.2) is 0 Å². The molecule has 4 rings (SSSR count). The number of carbonyl (C=O) groups is 2. The lowest BCUT2D eigenvalue weighted by atomic mass is 9.78. The highest BCUT2D eigenvalue weighted by atomic mass is 16.5. The molecule has 0 aliphatic carbocycles. The van der Waals surface area contributed by atoms with Gasteiger partial charge >= 0.3 is 0 Å². The molecule has 0 spiro atoms. The highest BCUT2D eigenvalue weighted by molar-refractivity contribution is 5.94. The molecule has 4 aromatic carbocycles. The minimum Gasteiger partial charge on any atom is -0.457 e. The predicted molar refractivity (Wildman–Crippen MR) is 138 cm³/mol. The first kappa shape index (κ1) is 24.0. The van der Waals surface area contributed by atoms with E-state index in [4.69, 9.17) is 9.47 Å². The van der Waals surface area contributed by atoms with Crippen LogP contribution in [0, 0.1) is 0 Å². The standard InChI is InChI=1S/C31H28O4/c1-21(32)23-5-13-27(14-6-23)34-29-17-9-25(10-18-29)31(3,4)26-11-19-30(20-12-26)35-28-15-7-24(8-16-28)22(2)33/h5-20H,1-4H3. The van der Waals surface area contributed by atoms with Crippen molar-refractivity contribution < 1.29 is 19.1 Å². The van der Waals surface area contributed by atoms with Crippen molar-refractivity contribution in [3.05, 3.63) is 119 Å². The topological polar surface area (TPSA) is 52.6 Å². The van der Waals surface area contributed by atoms with Gasteiger partial charge in [-0.1, -0.05) is 38.1 Å². The summed E-state index contributed by atoms with van der Waals surface area (Å²) in [5.74, 6) is 2.92. The van der Waals surface area contributed by atoms with Crippen LogP contribution in [0.5, 0.6) is 23.0 Å². The molecule has 0 heterocycles. The van der Waals surface area contributed by atoms with Gasteiger partial charge in [-0.3, -0.25) is 9.59 Å². The van der Waals surface area contributed by atoms with Gasteiger partial charge in [0.05, 0.1) is 0 Å². The van der Waals surface area contributed by atoms with E-state index in [1.165, 1.54) is 0 Å². The first-order chi connectivity index (χ1) is 16.7. The molecule has 0 saturated heterocycles. The molecule has 0 fully saturated rings. The van der Waals surface area contributed by atoms with Crippen LogP contribution < -0.4 is 9.47 Å². The molecular weight excluding hydrogens is 436 g/mol. The zero-order chi connectivity index (χ0) is 25.0. The molecule has 0 unspecified atom stereocenters. The number of rotatable bonds is 8. The summed E-state index contributed by atoms with van der Waals surface area (Å²) in [4.78, 5) is 22.9. The molecule has 0 bridgehead atoms. The maximum Gasteiger partial charge on any atom is 0.159 e. The molecule has 0 aliphatic rings. The number of ether oxygens (including phenoxy) is 2. The minimum absolute atomic E-state index is 0.0334. The summed E-state index contributed by atoms with van der Waals surface area (Å²) >= 11 is 0. The van der Waals surface area contributed by atoms with E-state index in [2.05, 4.69) is 38.1 Å². The van der Waals surface area contributed by atoms with Crippen molar-refractivity contribution in [3.8, 4) is 23.0 Å². The molecule has 0 radical (unpaired) electrons. The average Bonchev–Trinajstić information content (AvgIpc) is 2.85. The Labute approximate surface area is 206 Å². The molecule has 4 nitrogen and oxygen atoms in total. The van der Waals surface area contributed by atoms with Crippen LogP contribution in [0.15, 0.2) is 97.1 Å². The Morgan fingerprint density at radius 3 is 1.00 bits per heavy atom. The maximum atomic E-state index is 11.4. The Balaban J connectivity index is 1.43. The van der Waals surface area contributed by atoms with E-state index in [-0.39, 0.29) is 17.0 Å². The summed E-state index contributed by atoms with van der Waals surface area (Å²) in [5, 5.41) is 0. The zero-order valence-corrected chi connectivity index (χ0v) is 20.4. The molecule has 35 heavy (non-hydrogen) atoms.